The smallest absolute Gasteiger partial charge is 0.337 e. The SMILES string of the molecule is CC.CCc1c(CC)c2ccc(C(=O)OC)cc2[nH]c1=O. The number of carbonyl (C=O) groups excluding carboxylic acids is 1. The largest absolute Gasteiger partial charge is 0.465 e. The first kappa shape index (κ1) is 17.0. The monoisotopic (exact) mass is 289 g/mol. The highest BCUT2D eigenvalue weighted by Gasteiger charge is 2.12. The Morgan fingerprint density at radius 3 is 2.29 bits per heavy atom. The van der Waals surface area contributed by atoms with Crippen LogP contribution in [0, 0.1) is 0 Å². The summed E-state index contributed by atoms with van der Waals surface area (Å²) in [6, 6.07) is 5.27. The Hall–Kier alpha value is -2.10. The number of aromatic nitrogens is 1. The van der Waals surface area contributed by atoms with Crippen LogP contribution in [0.1, 0.15) is 49.2 Å². The molecule has 0 spiro atoms. The highest BCUT2D eigenvalue weighted by atomic mass is 16.5. The maximum absolute atomic E-state index is 12.0. The summed E-state index contributed by atoms with van der Waals surface area (Å²) in [5.74, 6) is -0.402. The Bertz CT molecular complexity index is 686. The van der Waals surface area contributed by atoms with Crippen LogP contribution in [0.5, 0.6) is 0 Å². The van der Waals surface area contributed by atoms with Gasteiger partial charge in [-0.25, -0.2) is 4.79 Å². The van der Waals surface area contributed by atoms with Gasteiger partial charge >= 0.3 is 5.97 Å². The van der Waals surface area contributed by atoms with Crippen LogP contribution in [0.15, 0.2) is 23.0 Å². The molecule has 0 unspecified atom stereocenters. The van der Waals surface area contributed by atoms with Gasteiger partial charge in [-0.15, -0.1) is 0 Å². The molecule has 1 aromatic carbocycles. The highest BCUT2D eigenvalue weighted by molar-refractivity contribution is 5.95. The molecule has 0 aliphatic carbocycles. The normalized spacial score (nSPS) is 9.95. The average Bonchev–Trinajstić information content (AvgIpc) is 2.53. The molecule has 0 aliphatic rings. The number of nitrogens with one attached hydrogen (secondary N) is 1. The van der Waals surface area contributed by atoms with E-state index in [0.29, 0.717) is 17.5 Å². The van der Waals surface area contributed by atoms with Gasteiger partial charge in [0.15, 0.2) is 0 Å². The van der Waals surface area contributed by atoms with E-state index < -0.39 is 5.97 Å². The highest BCUT2D eigenvalue weighted by Crippen LogP contribution is 2.21. The van der Waals surface area contributed by atoms with E-state index in [-0.39, 0.29) is 5.56 Å². The van der Waals surface area contributed by atoms with Crippen molar-refractivity contribution in [1.82, 2.24) is 4.98 Å². The van der Waals surface area contributed by atoms with E-state index in [2.05, 4.69) is 9.72 Å². The number of hydrogen-bond donors (Lipinski definition) is 1. The van der Waals surface area contributed by atoms with Crippen LogP contribution in [-0.4, -0.2) is 18.1 Å². The molecule has 0 bridgehead atoms. The minimum absolute atomic E-state index is 0.0751. The maximum atomic E-state index is 12.0. The van der Waals surface area contributed by atoms with E-state index in [4.69, 9.17) is 0 Å². The van der Waals surface area contributed by atoms with Crippen molar-refractivity contribution in [3.63, 3.8) is 0 Å². The first-order valence-electron chi connectivity index (χ1n) is 7.38. The molecule has 21 heavy (non-hydrogen) atoms. The third kappa shape index (κ3) is 3.32. The quantitative estimate of drug-likeness (QED) is 0.880. The number of H-pyrrole nitrogens is 1. The molecule has 2 rings (SSSR count). The summed E-state index contributed by atoms with van der Waals surface area (Å²) in [5.41, 5.74) is 2.92. The lowest BCUT2D eigenvalue weighted by atomic mass is 9.98. The van der Waals surface area contributed by atoms with Crippen molar-refractivity contribution in [3.05, 3.63) is 45.2 Å². The predicted octanol–water partition coefficient (Wildman–Crippen LogP) is 3.47. The summed E-state index contributed by atoms with van der Waals surface area (Å²) >= 11 is 0. The van der Waals surface area contributed by atoms with E-state index in [1.54, 1.807) is 12.1 Å². The Morgan fingerprint density at radius 1 is 1.14 bits per heavy atom. The molecule has 2 aromatic rings. The fourth-order valence-electron chi connectivity index (χ4n) is 2.43. The third-order valence-corrected chi connectivity index (χ3v) is 3.36. The number of carbonyl (C=O) groups is 1. The van der Waals surface area contributed by atoms with Gasteiger partial charge in [0, 0.05) is 16.5 Å². The lowest BCUT2D eigenvalue weighted by Crippen LogP contribution is -2.15. The Kier molecular flexibility index (Phi) is 6.15. The summed E-state index contributed by atoms with van der Waals surface area (Å²) in [5, 5.41) is 0.992. The summed E-state index contributed by atoms with van der Waals surface area (Å²) < 4.78 is 4.69. The molecule has 1 N–H and O–H groups in total. The summed E-state index contributed by atoms with van der Waals surface area (Å²) in [4.78, 5) is 26.4. The van der Waals surface area contributed by atoms with Crippen molar-refractivity contribution in [2.45, 2.75) is 40.5 Å². The zero-order valence-corrected chi connectivity index (χ0v) is 13.4. The van der Waals surface area contributed by atoms with E-state index in [1.807, 2.05) is 33.8 Å². The molecule has 114 valence electrons. The molecule has 0 fully saturated rings. The Balaban J connectivity index is 0.00000106. The molecular weight excluding hydrogens is 266 g/mol. The number of hydrogen-bond acceptors (Lipinski definition) is 3. The molecule has 4 nitrogen and oxygen atoms in total. The molecule has 0 aliphatic heterocycles. The van der Waals surface area contributed by atoms with Crippen LogP contribution in [0.2, 0.25) is 0 Å². The minimum Gasteiger partial charge on any atom is -0.465 e. The molecular formula is C17H23NO3. The first-order chi connectivity index (χ1) is 10.1. The molecule has 4 heteroatoms. The number of aromatic amines is 1. The second-order valence-corrected chi connectivity index (χ2v) is 4.37. The van der Waals surface area contributed by atoms with Gasteiger partial charge in [-0.1, -0.05) is 33.8 Å². The van der Waals surface area contributed by atoms with Gasteiger partial charge in [0.2, 0.25) is 0 Å². The number of ether oxygens (including phenoxy) is 1. The van der Waals surface area contributed by atoms with Crippen LogP contribution in [0.4, 0.5) is 0 Å². The van der Waals surface area contributed by atoms with Crippen LogP contribution >= 0.6 is 0 Å². The van der Waals surface area contributed by atoms with Crippen LogP contribution < -0.4 is 5.56 Å². The fourth-order valence-corrected chi connectivity index (χ4v) is 2.43. The van der Waals surface area contributed by atoms with Crippen molar-refractivity contribution >= 4 is 16.9 Å². The molecule has 0 amide bonds. The minimum atomic E-state index is -0.402. The number of pyridine rings is 1. The number of methoxy groups -OCH3 is 1. The predicted molar refractivity (Wildman–Crippen MR) is 86.0 cm³/mol. The lowest BCUT2D eigenvalue weighted by molar-refractivity contribution is 0.0601. The van der Waals surface area contributed by atoms with E-state index in [9.17, 15) is 9.59 Å². The van der Waals surface area contributed by atoms with E-state index in [1.165, 1.54) is 7.11 Å². The first-order valence-corrected chi connectivity index (χ1v) is 7.38. The average molecular weight is 289 g/mol. The molecule has 1 heterocycles. The molecule has 0 atom stereocenters. The maximum Gasteiger partial charge on any atom is 0.337 e. The van der Waals surface area contributed by atoms with Gasteiger partial charge in [-0.3, -0.25) is 4.79 Å². The zero-order chi connectivity index (χ0) is 16.0. The molecule has 0 saturated heterocycles. The standard InChI is InChI=1S/C15H17NO3.C2H6/c1-4-10-11(5-2)14(17)16-13-8-9(15(18)19-3)6-7-12(10)13;1-2/h6-8H,4-5H2,1-3H3,(H,16,17);1-2H3. The summed E-state index contributed by atoms with van der Waals surface area (Å²) in [7, 11) is 1.34. The second kappa shape index (κ2) is 7.62. The molecule has 0 radical (unpaired) electrons. The van der Waals surface area contributed by atoms with Gasteiger partial charge in [0.1, 0.15) is 0 Å². The van der Waals surface area contributed by atoms with Crippen LogP contribution in [-0.2, 0) is 17.6 Å². The van der Waals surface area contributed by atoms with E-state index >= 15 is 0 Å². The van der Waals surface area contributed by atoms with E-state index in [0.717, 1.165) is 22.9 Å². The second-order valence-electron chi connectivity index (χ2n) is 4.37. The number of rotatable bonds is 3. The van der Waals surface area contributed by atoms with Crippen LogP contribution in [0.3, 0.4) is 0 Å². The summed E-state index contributed by atoms with van der Waals surface area (Å²) in [6.07, 6.45) is 1.49. The van der Waals surface area contributed by atoms with Gasteiger partial charge < -0.3 is 9.72 Å². The Morgan fingerprint density at radius 2 is 1.76 bits per heavy atom. The zero-order valence-electron chi connectivity index (χ0n) is 13.4. The van der Waals surface area contributed by atoms with Crippen molar-refractivity contribution < 1.29 is 9.53 Å². The molecule has 0 saturated carbocycles. The van der Waals surface area contributed by atoms with Crippen molar-refractivity contribution in [2.24, 2.45) is 0 Å². The van der Waals surface area contributed by atoms with Crippen LogP contribution in [0.25, 0.3) is 10.9 Å². The van der Waals surface area contributed by atoms with Gasteiger partial charge in [-0.2, -0.15) is 0 Å². The third-order valence-electron chi connectivity index (χ3n) is 3.36. The number of fused-ring (bicyclic) bond motifs is 1. The number of benzene rings is 1. The van der Waals surface area contributed by atoms with Gasteiger partial charge in [0.05, 0.1) is 12.7 Å². The van der Waals surface area contributed by atoms with Crippen molar-refractivity contribution in [2.75, 3.05) is 7.11 Å². The molecule has 1 aromatic heterocycles. The van der Waals surface area contributed by atoms with Crippen molar-refractivity contribution in [3.8, 4) is 0 Å². The Labute approximate surface area is 125 Å². The number of esters is 1. The number of aryl methyl sites for hydroxylation is 1. The summed E-state index contributed by atoms with van der Waals surface area (Å²) in [6.45, 7) is 8.00. The van der Waals surface area contributed by atoms with Gasteiger partial charge in [-0.05, 0) is 30.5 Å². The van der Waals surface area contributed by atoms with Gasteiger partial charge in [0.25, 0.3) is 5.56 Å². The fraction of sp³-hybridized carbons (Fsp3) is 0.412. The topological polar surface area (TPSA) is 59.2 Å². The van der Waals surface area contributed by atoms with Crippen molar-refractivity contribution in [1.29, 1.82) is 0 Å². The lowest BCUT2D eigenvalue weighted by Gasteiger charge is -2.10.